The maximum absolute atomic E-state index is 13.0. The van der Waals surface area contributed by atoms with Crippen molar-refractivity contribution in [1.82, 2.24) is 5.43 Å². The second-order valence-corrected chi connectivity index (χ2v) is 9.06. The Morgan fingerprint density at radius 3 is 2.32 bits per heavy atom. The van der Waals surface area contributed by atoms with Crippen LogP contribution in [0, 0.1) is 10.1 Å². The predicted octanol–water partition coefficient (Wildman–Crippen LogP) is 7.10. The van der Waals surface area contributed by atoms with Gasteiger partial charge in [0.2, 0.25) is 5.75 Å². The van der Waals surface area contributed by atoms with Crippen LogP contribution < -0.4 is 19.6 Å². The van der Waals surface area contributed by atoms with Gasteiger partial charge in [-0.3, -0.25) is 14.9 Å². The molecule has 14 heteroatoms. The van der Waals surface area contributed by atoms with Crippen LogP contribution in [-0.4, -0.2) is 30.8 Å². The molecule has 0 saturated heterocycles. The average Bonchev–Trinajstić information content (AvgIpc) is 2.85. The van der Waals surface area contributed by atoms with Gasteiger partial charge in [0.05, 0.1) is 39.4 Å². The lowest BCUT2D eigenvalue weighted by Crippen LogP contribution is -2.17. The zero-order chi connectivity index (χ0) is 28.0. The van der Waals surface area contributed by atoms with E-state index in [2.05, 4.69) is 42.4 Å². The number of hydrazone groups is 1. The minimum absolute atomic E-state index is 0.0792. The lowest BCUT2D eigenvalue weighted by molar-refractivity contribution is -0.385. The van der Waals surface area contributed by atoms with E-state index in [9.17, 15) is 28.1 Å². The van der Waals surface area contributed by atoms with Crippen molar-refractivity contribution in [3.8, 4) is 23.0 Å². The van der Waals surface area contributed by atoms with Crippen molar-refractivity contribution in [3.63, 3.8) is 0 Å². The van der Waals surface area contributed by atoms with Crippen molar-refractivity contribution < 1.29 is 37.1 Å². The predicted molar refractivity (Wildman–Crippen MR) is 139 cm³/mol. The highest BCUT2D eigenvalue weighted by molar-refractivity contribution is 9.11. The van der Waals surface area contributed by atoms with Crippen LogP contribution in [0.4, 0.5) is 18.9 Å². The summed E-state index contributed by atoms with van der Waals surface area (Å²) >= 11 is 6.55. The van der Waals surface area contributed by atoms with Crippen LogP contribution in [0.15, 0.2) is 62.6 Å². The smallest absolute Gasteiger partial charge is 0.416 e. The van der Waals surface area contributed by atoms with E-state index in [4.69, 9.17) is 14.2 Å². The van der Waals surface area contributed by atoms with Gasteiger partial charge in [0.25, 0.3) is 5.91 Å². The van der Waals surface area contributed by atoms with Gasteiger partial charge in [-0.25, -0.2) is 5.43 Å². The first kappa shape index (κ1) is 28.9. The molecule has 1 amide bonds. The first-order chi connectivity index (χ1) is 17.9. The highest BCUT2D eigenvalue weighted by Crippen LogP contribution is 2.42. The molecule has 0 spiro atoms. The average molecular weight is 661 g/mol. The summed E-state index contributed by atoms with van der Waals surface area (Å²) in [6, 6.07) is 9.70. The fourth-order valence-electron chi connectivity index (χ4n) is 3.10. The Hall–Kier alpha value is -3.65. The van der Waals surface area contributed by atoms with Gasteiger partial charge in [0, 0.05) is 11.6 Å². The van der Waals surface area contributed by atoms with Gasteiger partial charge in [0.1, 0.15) is 0 Å². The van der Waals surface area contributed by atoms with Crippen molar-refractivity contribution >= 4 is 49.7 Å². The van der Waals surface area contributed by atoms with E-state index in [-0.39, 0.29) is 17.1 Å². The Bertz CT molecular complexity index is 1380. The summed E-state index contributed by atoms with van der Waals surface area (Å²) in [6.45, 7) is 2.26. The second kappa shape index (κ2) is 12.3. The number of ether oxygens (including phenoxy) is 3. The molecule has 1 N–H and O–H groups in total. The maximum Gasteiger partial charge on any atom is 0.416 e. The zero-order valence-corrected chi connectivity index (χ0v) is 22.8. The highest BCUT2D eigenvalue weighted by Gasteiger charge is 2.33. The van der Waals surface area contributed by atoms with Gasteiger partial charge < -0.3 is 14.2 Å². The van der Waals surface area contributed by atoms with Crippen LogP contribution in [0.2, 0.25) is 0 Å². The van der Waals surface area contributed by atoms with Crippen LogP contribution in [0.5, 0.6) is 23.0 Å². The fourth-order valence-corrected chi connectivity index (χ4v) is 4.48. The third-order valence-corrected chi connectivity index (χ3v) is 6.00. The van der Waals surface area contributed by atoms with E-state index in [0.717, 1.165) is 6.07 Å². The van der Waals surface area contributed by atoms with Crippen molar-refractivity contribution in [2.24, 2.45) is 5.10 Å². The summed E-state index contributed by atoms with van der Waals surface area (Å²) < 4.78 is 55.7. The number of nitro groups is 1. The van der Waals surface area contributed by atoms with E-state index in [0.29, 0.717) is 44.7 Å². The summed E-state index contributed by atoms with van der Waals surface area (Å²) in [6.07, 6.45) is -3.41. The van der Waals surface area contributed by atoms with Crippen LogP contribution >= 0.6 is 31.9 Å². The number of halogens is 5. The number of methoxy groups -OCH3 is 1. The number of nitrogens with one attached hydrogen (secondary N) is 1. The lowest BCUT2D eigenvalue weighted by Gasteiger charge is -2.13. The van der Waals surface area contributed by atoms with E-state index < -0.39 is 28.3 Å². The van der Waals surface area contributed by atoms with Gasteiger partial charge >= 0.3 is 11.9 Å². The van der Waals surface area contributed by atoms with Gasteiger partial charge in [-0.1, -0.05) is 0 Å². The Morgan fingerprint density at radius 2 is 1.74 bits per heavy atom. The first-order valence-corrected chi connectivity index (χ1v) is 12.2. The Labute approximate surface area is 231 Å². The number of rotatable bonds is 9. The van der Waals surface area contributed by atoms with E-state index in [1.165, 1.54) is 31.5 Å². The molecule has 0 heterocycles. The molecule has 0 atom stereocenters. The molecule has 0 aliphatic heterocycles. The molecular formula is C24H18Br2F3N3O6. The van der Waals surface area contributed by atoms with Crippen molar-refractivity contribution in [1.29, 1.82) is 0 Å². The minimum atomic E-state index is -4.75. The minimum Gasteiger partial charge on any atom is -0.493 e. The van der Waals surface area contributed by atoms with E-state index >= 15 is 0 Å². The summed E-state index contributed by atoms with van der Waals surface area (Å²) in [4.78, 5) is 22.8. The number of carbonyl (C=O) groups is 1. The summed E-state index contributed by atoms with van der Waals surface area (Å²) in [5, 5.41) is 15.3. The van der Waals surface area contributed by atoms with Gasteiger partial charge in [-0.2, -0.15) is 18.3 Å². The monoisotopic (exact) mass is 659 g/mol. The number of nitrogens with zero attached hydrogens (tertiary/aromatic N) is 2. The lowest BCUT2D eigenvalue weighted by atomic mass is 10.2. The molecular weight excluding hydrogens is 643 g/mol. The van der Waals surface area contributed by atoms with Crippen molar-refractivity contribution in [2.45, 2.75) is 13.1 Å². The maximum atomic E-state index is 13.0. The molecule has 0 aliphatic rings. The standard InChI is InChI=1S/C24H18Br2F3N3O6/c1-3-37-20-6-4-14(10-21(20)36-2)23(33)31-30-12-13-8-16(25)22(17(26)9-13)38-19-7-5-15(24(27,28)29)11-18(19)32(34)35/h4-12H,3H2,1-2H3,(H,31,33)/b30-12+. The largest absolute Gasteiger partial charge is 0.493 e. The fraction of sp³-hybridized carbons (Fsp3) is 0.167. The van der Waals surface area contributed by atoms with E-state index in [1.54, 1.807) is 12.1 Å². The van der Waals surface area contributed by atoms with Gasteiger partial charge in [-0.15, -0.1) is 0 Å². The first-order valence-electron chi connectivity index (χ1n) is 10.6. The number of nitro benzene ring substituents is 1. The van der Waals surface area contributed by atoms with Crippen LogP contribution in [-0.2, 0) is 6.18 Å². The van der Waals surface area contributed by atoms with Gasteiger partial charge in [-0.05, 0) is 86.8 Å². The zero-order valence-electron chi connectivity index (χ0n) is 19.6. The molecule has 0 unspecified atom stereocenters. The molecule has 0 aliphatic carbocycles. The van der Waals surface area contributed by atoms with Crippen molar-refractivity contribution in [3.05, 3.63) is 84.3 Å². The molecule has 9 nitrogen and oxygen atoms in total. The number of carbonyl (C=O) groups excluding carboxylic acids is 1. The van der Waals surface area contributed by atoms with Crippen LogP contribution in [0.1, 0.15) is 28.4 Å². The number of amides is 1. The molecule has 0 fully saturated rings. The second-order valence-electron chi connectivity index (χ2n) is 7.35. The molecule has 38 heavy (non-hydrogen) atoms. The highest BCUT2D eigenvalue weighted by atomic mass is 79.9. The van der Waals surface area contributed by atoms with Crippen molar-refractivity contribution in [2.75, 3.05) is 13.7 Å². The van der Waals surface area contributed by atoms with Crippen LogP contribution in [0.3, 0.4) is 0 Å². The topological polar surface area (TPSA) is 112 Å². The molecule has 0 radical (unpaired) electrons. The quantitative estimate of drug-likeness (QED) is 0.149. The molecule has 0 bridgehead atoms. The number of alkyl halides is 3. The number of hydrogen-bond donors (Lipinski definition) is 1. The SMILES string of the molecule is CCOc1ccc(C(=O)N/N=C/c2cc(Br)c(Oc3ccc(C(F)(F)F)cc3[N+](=O)[O-])c(Br)c2)cc1OC. The molecule has 3 rings (SSSR count). The molecule has 0 aromatic heterocycles. The van der Waals surface area contributed by atoms with Gasteiger partial charge in [0.15, 0.2) is 17.2 Å². The normalized spacial score (nSPS) is 11.3. The Morgan fingerprint density at radius 1 is 1.08 bits per heavy atom. The Kier molecular flexibility index (Phi) is 9.33. The Balaban J connectivity index is 1.77. The number of hydrogen-bond acceptors (Lipinski definition) is 7. The molecule has 3 aromatic carbocycles. The molecule has 200 valence electrons. The summed E-state index contributed by atoms with van der Waals surface area (Å²) in [7, 11) is 1.45. The summed E-state index contributed by atoms with van der Waals surface area (Å²) in [5.74, 6) is 0.0728. The van der Waals surface area contributed by atoms with Crippen LogP contribution in [0.25, 0.3) is 0 Å². The third-order valence-electron chi connectivity index (χ3n) is 4.82. The summed E-state index contributed by atoms with van der Waals surface area (Å²) in [5.41, 5.74) is 1.14. The number of benzene rings is 3. The third kappa shape index (κ3) is 7.01. The van der Waals surface area contributed by atoms with E-state index in [1.807, 2.05) is 6.92 Å². The molecule has 0 saturated carbocycles. The molecule has 3 aromatic rings.